The summed E-state index contributed by atoms with van der Waals surface area (Å²) >= 11 is 0. The second-order valence-corrected chi connectivity index (χ2v) is 6.63. The minimum absolute atomic E-state index is 0.00627. The van der Waals surface area contributed by atoms with E-state index in [0.29, 0.717) is 6.42 Å². The van der Waals surface area contributed by atoms with Crippen molar-refractivity contribution < 1.29 is 18.4 Å². The second-order valence-electron chi connectivity index (χ2n) is 4.69. The SMILES string of the molecule is CC1(O)CCN(S(=O)(=O)c2ccc([N+](=O)[O-])nc2)C1. The molecule has 1 fully saturated rings. The summed E-state index contributed by atoms with van der Waals surface area (Å²) in [7, 11) is -3.76. The van der Waals surface area contributed by atoms with Crippen LogP contribution in [0.3, 0.4) is 0 Å². The van der Waals surface area contributed by atoms with Crippen molar-refractivity contribution in [2.45, 2.75) is 23.8 Å². The summed E-state index contributed by atoms with van der Waals surface area (Å²) in [5.41, 5.74) is -1.04. The first-order chi connectivity index (χ1) is 8.72. The molecule has 1 aromatic heterocycles. The molecule has 9 heteroatoms. The van der Waals surface area contributed by atoms with E-state index >= 15 is 0 Å². The normalized spacial score (nSPS) is 24.5. The van der Waals surface area contributed by atoms with Crippen LogP contribution in [0.1, 0.15) is 13.3 Å². The number of hydrogen-bond acceptors (Lipinski definition) is 6. The number of pyridine rings is 1. The van der Waals surface area contributed by atoms with Crippen LogP contribution in [0.25, 0.3) is 0 Å². The monoisotopic (exact) mass is 287 g/mol. The molecule has 1 atom stereocenters. The summed E-state index contributed by atoms with van der Waals surface area (Å²) < 4.78 is 25.6. The smallest absolute Gasteiger partial charge is 0.363 e. The molecule has 0 bridgehead atoms. The fraction of sp³-hybridized carbons (Fsp3) is 0.500. The number of rotatable bonds is 3. The summed E-state index contributed by atoms with van der Waals surface area (Å²) in [5.74, 6) is -0.410. The van der Waals surface area contributed by atoms with Crippen LogP contribution in [0.15, 0.2) is 23.2 Å². The van der Waals surface area contributed by atoms with Crippen LogP contribution < -0.4 is 0 Å². The molecule has 1 aromatic rings. The average Bonchev–Trinajstić information content (AvgIpc) is 2.70. The van der Waals surface area contributed by atoms with Gasteiger partial charge in [0.05, 0.1) is 5.60 Å². The Morgan fingerprint density at radius 1 is 1.53 bits per heavy atom. The van der Waals surface area contributed by atoms with Crippen LogP contribution in [-0.4, -0.2) is 46.4 Å². The molecular weight excluding hydrogens is 274 g/mol. The molecule has 0 aliphatic carbocycles. The number of nitro groups is 1. The Kier molecular flexibility index (Phi) is 3.29. The van der Waals surface area contributed by atoms with Crippen LogP contribution in [0.4, 0.5) is 5.82 Å². The fourth-order valence-corrected chi connectivity index (χ4v) is 3.39. The van der Waals surface area contributed by atoms with E-state index in [1.54, 1.807) is 6.92 Å². The lowest BCUT2D eigenvalue weighted by molar-refractivity contribution is -0.389. The van der Waals surface area contributed by atoms with E-state index in [-0.39, 0.29) is 18.0 Å². The van der Waals surface area contributed by atoms with Crippen LogP contribution in [0.5, 0.6) is 0 Å². The Morgan fingerprint density at radius 2 is 2.21 bits per heavy atom. The first kappa shape index (κ1) is 13.8. The van der Waals surface area contributed by atoms with Gasteiger partial charge in [-0.25, -0.2) is 8.42 Å². The van der Waals surface area contributed by atoms with Crippen molar-refractivity contribution >= 4 is 15.8 Å². The Morgan fingerprint density at radius 3 is 2.63 bits per heavy atom. The molecule has 2 heterocycles. The highest BCUT2D eigenvalue weighted by Crippen LogP contribution is 2.26. The van der Waals surface area contributed by atoms with E-state index < -0.39 is 26.4 Å². The van der Waals surface area contributed by atoms with E-state index in [4.69, 9.17) is 0 Å². The minimum Gasteiger partial charge on any atom is -0.389 e. The number of sulfonamides is 1. The second kappa shape index (κ2) is 4.51. The summed E-state index contributed by atoms with van der Waals surface area (Å²) in [6, 6.07) is 2.19. The molecule has 1 aliphatic heterocycles. The van der Waals surface area contributed by atoms with Crippen molar-refractivity contribution in [2.75, 3.05) is 13.1 Å². The van der Waals surface area contributed by atoms with Crippen molar-refractivity contribution in [3.05, 3.63) is 28.4 Å². The highest BCUT2D eigenvalue weighted by Gasteiger charge is 2.39. The third-order valence-electron chi connectivity index (χ3n) is 2.96. The third kappa shape index (κ3) is 2.72. The summed E-state index contributed by atoms with van der Waals surface area (Å²) in [6.07, 6.45) is 1.31. The number of aliphatic hydroxyl groups is 1. The number of hydrogen-bond donors (Lipinski definition) is 1. The molecule has 104 valence electrons. The first-order valence-corrected chi connectivity index (χ1v) is 6.99. The molecule has 0 spiro atoms. The van der Waals surface area contributed by atoms with Crippen LogP contribution in [-0.2, 0) is 10.0 Å². The van der Waals surface area contributed by atoms with Gasteiger partial charge in [0.25, 0.3) is 0 Å². The quantitative estimate of drug-likeness (QED) is 0.624. The minimum atomic E-state index is -3.76. The molecule has 1 aliphatic rings. The maximum Gasteiger partial charge on any atom is 0.363 e. The zero-order valence-electron chi connectivity index (χ0n) is 10.2. The van der Waals surface area contributed by atoms with E-state index in [1.807, 2.05) is 0 Å². The van der Waals surface area contributed by atoms with E-state index in [2.05, 4.69) is 4.98 Å². The topological polar surface area (TPSA) is 114 Å². The van der Waals surface area contributed by atoms with Gasteiger partial charge in [0, 0.05) is 19.2 Å². The number of nitrogens with zero attached hydrogens (tertiary/aromatic N) is 3. The summed E-state index contributed by atoms with van der Waals surface area (Å²) in [6.45, 7) is 1.79. The lowest BCUT2D eigenvalue weighted by atomic mass is 10.1. The Hall–Kier alpha value is -1.58. The van der Waals surface area contributed by atoms with Crippen molar-refractivity contribution in [3.8, 4) is 0 Å². The maximum atomic E-state index is 12.2. The zero-order valence-corrected chi connectivity index (χ0v) is 11.0. The summed E-state index contributed by atoms with van der Waals surface area (Å²) in [5, 5.41) is 20.2. The van der Waals surface area contributed by atoms with Gasteiger partial charge in [-0.2, -0.15) is 4.31 Å². The molecule has 0 saturated carbocycles. The molecular formula is C10H13N3O5S. The van der Waals surface area contributed by atoms with Crippen LogP contribution >= 0.6 is 0 Å². The summed E-state index contributed by atoms with van der Waals surface area (Å²) in [4.78, 5) is 13.1. The Balaban J connectivity index is 2.28. The lowest BCUT2D eigenvalue weighted by Crippen LogP contribution is -2.34. The first-order valence-electron chi connectivity index (χ1n) is 5.55. The van der Waals surface area contributed by atoms with Gasteiger partial charge in [0.15, 0.2) is 6.20 Å². The molecule has 1 saturated heterocycles. The molecule has 19 heavy (non-hydrogen) atoms. The highest BCUT2D eigenvalue weighted by atomic mass is 32.2. The van der Waals surface area contributed by atoms with Gasteiger partial charge in [0.1, 0.15) is 4.90 Å². The van der Waals surface area contributed by atoms with E-state index in [0.717, 1.165) is 22.6 Å². The maximum absolute atomic E-state index is 12.2. The number of aromatic nitrogens is 1. The zero-order chi connectivity index (χ0) is 14.3. The van der Waals surface area contributed by atoms with Crippen LogP contribution in [0.2, 0.25) is 0 Å². The molecule has 8 nitrogen and oxygen atoms in total. The molecule has 0 radical (unpaired) electrons. The van der Waals surface area contributed by atoms with Gasteiger partial charge in [0.2, 0.25) is 10.0 Å². The van der Waals surface area contributed by atoms with Crippen molar-refractivity contribution in [2.24, 2.45) is 0 Å². The molecule has 2 rings (SSSR count). The van der Waals surface area contributed by atoms with Crippen molar-refractivity contribution in [3.63, 3.8) is 0 Å². The lowest BCUT2D eigenvalue weighted by Gasteiger charge is -2.18. The third-order valence-corrected chi connectivity index (χ3v) is 4.79. The molecule has 1 N–H and O–H groups in total. The van der Waals surface area contributed by atoms with Gasteiger partial charge < -0.3 is 15.2 Å². The van der Waals surface area contributed by atoms with Crippen LogP contribution in [0, 0.1) is 10.1 Å². The standard InChI is InChI=1S/C10H13N3O5S/c1-10(14)4-5-12(7-10)19(17,18)8-2-3-9(11-6-8)13(15)16/h2-3,6,14H,4-5,7H2,1H3. The number of β-amino-alcohol motifs (C(OH)–C–C–N with tert-alkyl or cyclic N) is 1. The highest BCUT2D eigenvalue weighted by molar-refractivity contribution is 7.89. The molecule has 0 amide bonds. The average molecular weight is 287 g/mol. The largest absolute Gasteiger partial charge is 0.389 e. The predicted molar refractivity (Wildman–Crippen MR) is 64.9 cm³/mol. The van der Waals surface area contributed by atoms with Crippen molar-refractivity contribution in [1.82, 2.24) is 9.29 Å². The van der Waals surface area contributed by atoms with E-state index in [1.165, 1.54) is 0 Å². The molecule has 0 aromatic carbocycles. The van der Waals surface area contributed by atoms with Gasteiger partial charge in [-0.05, 0) is 29.3 Å². The van der Waals surface area contributed by atoms with E-state index in [9.17, 15) is 23.6 Å². The van der Waals surface area contributed by atoms with Gasteiger partial charge in [-0.1, -0.05) is 0 Å². The fourth-order valence-electron chi connectivity index (χ4n) is 1.89. The molecule has 1 unspecified atom stereocenters. The Labute approximate surface area is 109 Å². The van der Waals surface area contributed by atoms with Gasteiger partial charge in [-0.3, -0.25) is 0 Å². The van der Waals surface area contributed by atoms with Gasteiger partial charge in [-0.15, -0.1) is 0 Å². The van der Waals surface area contributed by atoms with Gasteiger partial charge >= 0.3 is 5.82 Å². The predicted octanol–water partition coefficient (Wildman–Crippen LogP) is 0.135. The Bertz CT molecular complexity index is 596. The van der Waals surface area contributed by atoms with Crippen molar-refractivity contribution in [1.29, 1.82) is 0 Å².